The maximum absolute atomic E-state index is 10.6. The molecule has 0 saturated heterocycles. The Bertz CT molecular complexity index is 606. The van der Waals surface area contributed by atoms with Crippen LogP contribution < -0.4 is 10.0 Å². The number of carbonyl (C=O) groups excluding carboxylic acids is 1. The second kappa shape index (κ2) is 7.33. The number of hydrogen-bond donors (Lipinski definition) is 1. The molecule has 0 aliphatic carbocycles. The quantitative estimate of drug-likeness (QED) is 0.812. The number of carbonyl (C=O) groups is 1. The first-order chi connectivity index (χ1) is 10.1. The van der Waals surface area contributed by atoms with Crippen LogP contribution >= 0.6 is 11.3 Å². The zero-order chi connectivity index (χ0) is 15.2. The van der Waals surface area contributed by atoms with E-state index in [-0.39, 0.29) is 6.42 Å². The van der Waals surface area contributed by atoms with E-state index >= 15 is 0 Å². The number of quaternary nitrogens is 1. The average Bonchev–Trinajstić information content (AvgIpc) is 2.92. The zero-order valence-electron chi connectivity index (χ0n) is 12.4. The Balaban J connectivity index is 2.16. The summed E-state index contributed by atoms with van der Waals surface area (Å²) in [6.07, 6.45) is -0.125. The fraction of sp³-hybridized carbons (Fsp3) is 0.375. The van der Waals surface area contributed by atoms with Crippen LogP contribution in [0.15, 0.2) is 29.6 Å². The Morgan fingerprint density at radius 1 is 1.33 bits per heavy atom. The van der Waals surface area contributed by atoms with E-state index in [1.165, 1.54) is 21.8 Å². The summed E-state index contributed by atoms with van der Waals surface area (Å²) in [6.45, 7) is 7.59. The van der Waals surface area contributed by atoms with E-state index in [4.69, 9.17) is 0 Å². The van der Waals surface area contributed by atoms with Crippen molar-refractivity contribution in [3.8, 4) is 10.6 Å². The molecule has 0 aliphatic rings. The molecule has 1 N–H and O–H groups in total. The summed E-state index contributed by atoms with van der Waals surface area (Å²) in [6, 6.07) is 8.33. The predicted molar refractivity (Wildman–Crippen MR) is 82.0 cm³/mol. The highest BCUT2D eigenvalue weighted by atomic mass is 32.1. The molecule has 2 aromatic rings. The van der Waals surface area contributed by atoms with Gasteiger partial charge >= 0.3 is 0 Å². The first kappa shape index (κ1) is 15.7. The fourth-order valence-corrected chi connectivity index (χ4v) is 3.09. The number of carboxylic acid groups (broad SMARTS) is 1. The van der Waals surface area contributed by atoms with Crippen molar-refractivity contribution in [3.05, 3.63) is 40.9 Å². The van der Waals surface area contributed by atoms with Crippen LogP contribution in [-0.2, 0) is 17.8 Å². The Morgan fingerprint density at radius 2 is 2.10 bits per heavy atom. The maximum atomic E-state index is 10.6. The third-order valence-electron chi connectivity index (χ3n) is 3.51. The Labute approximate surface area is 129 Å². The van der Waals surface area contributed by atoms with E-state index in [2.05, 4.69) is 31.0 Å². The first-order valence-corrected chi connectivity index (χ1v) is 8.07. The highest BCUT2D eigenvalue weighted by molar-refractivity contribution is 7.13. The number of thiazole rings is 1. The van der Waals surface area contributed by atoms with Gasteiger partial charge in [0.15, 0.2) is 0 Å². The minimum Gasteiger partial charge on any atom is -0.550 e. The summed E-state index contributed by atoms with van der Waals surface area (Å²) in [5, 5.41) is 13.3. The fourth-order valence-electron chi connectivity index (χ4n) is 2.27. The summed E-state index contributed by atoms with van der Waals surface area (Å²) in [4.78, 5) is 16.5. The molecule has 2 rings (SSSR count). The molecule has 0 fully saturated rings. The van der Waals surface area contributed by atoms with E-state index < -0.39 is 5.97 Å². The van der Waals surface area contributed by atoms with Crippen molar-refractivity contribution in [2.45, 2.75) is 26.8 Å². The molecule has 0 spiro atoms. The summed E-state index contributed by atoms with van der Waals surface area (Å²) < 4.78 is 0. The highest BCUT2D eigenvalue weighted by Gasteiger charge is 2.08. The molecule has 1 aromatic heterocycles. The van der Waals surface area contributed by atoms with E-state index in [0.717, 1.165) is 30.2 Å². The van der Waals surface area contributed by atoms with Crippen LogP contribution in [0.4, 0.5) is 0 Å². The molecule has 21 heavy (non-hydrogen) atoms. The van der Waals surface area contributed by atoms with Gasteiger partial charge < -0.3 is 14.8 Å². The van der Waals surface area contributed by atoms with Crippen LogP contribution in [0.5, 0.6) is 0 Å². The van der Waals surface area contributed by atoms with Crippen molar-refractivity contribution in [2.75, 3.05) is 13.1 Å². The van der Waals surface area contributed by atoms with Gasteiger partial charge in [0.2, 0.25) is 0 Å². The Morgan fingerprint density at radius 3 is 2.76 bits per heavy atom. The minimum absolute atomic E-state index is 0.125. The molecule has 0 radical (unpaired) electrons. The third-order valence-corrected chi connectivity index (χ3v) is 4.45. The average molecular weight is 304 g/mol. The summed E-state index contributed by atoms with van der Waals surface area (Å²) in [7, 11) is 0. The maximum Gasteiger partial charge on any atom is 0.123 e. The van der Waals surface area contributed by atoms with Crippen molar-refractivity contribution in [1.29, 1.82) is 0 Å². The van der Waals surface area contributed by atoms with Gasteiger partial charge in [0.25, 0.3) is 0 Å². The van der Waals surface area contributed by atoms with Crippen molar-refractivity contribution in [3.63, 3.8) is 0 Å². The van der Waals surface area contributed by atoms with Gasteiger partial charge in [0, 0.05) is 28.9 Å². The number of benzene rings is 1. The standard InChI is InChI=1S/C16H20N2O2S/c1-3-18(4-2)10-12-6-5-7-13(8-12)16-17-14(11-21-16)9-15(19)20/h5-8,11H,3-4,9-10H2,1-2H3,(H,19,20). The van der Waals surface area contributed by atoms with Crippen molar-refractivity contribution < 1.29 is 14.8 Å². The molecule has 0 atom stereocenters. The number of aromatic nitrogens is 1. The number of hydrogen-bond acceptors (Lipinski definition) is 4. The lowest BCUT2D eigenvalue weighted by atomic mass is 10.1. The number of rotatable bonds is 7. The molecule has 0 aliphatic heterocycles. The molecule has 1 heterocycles. The van der Waals surface area contributed by atoms with Gasteiger partial charge in [-0.3, -0.25) is 0 Å². The molecule has 4 nitrogen and oxygen atoms in total. The molecule has 0 saturated carbocycles. The smallest absolute Gasteiger partial charge is 0.123 e. The molecule has 112 valence electrons. The van der Waals surface area contributed by atoms with Gasteiger partial charge in [-0.2, -0.15) is 0 Å². The van der Waals surface area contributed by atoms with Crippen molar-refractivity contribution in [2.24, 2.45) is 0 Å². The monoisotopic (exact) mass is 304 g/mol. The lowest BCUT2D eigenvalue weighted by Gasteiger charge is -2.15. The number of aliphatic carboxylic acids is 1. The normalized spacial score (nSPS) is 11.0. The van der Waals surface area contributed by atoms with Crippen LogP contribution in [0.3, 0.4) is 0 Å². The van der Waals surface area contributed by atoms with E-state index in [1.807, 2.05) is 12.1 Å². The first-order valence-electron chi connectivity index (χ1n) is 7.19. The molecular weight excluding hydrogens is 284 g/mol. The van der Waals surface area contributed by atoms with Crippen LogP contribution in [-0.4, -0.2) is 24.0 Å². The van der Waals surface area contributed by atoms with Gasteiger partial charge in [0.1, 0.15) is 11.6 Å². The van der Waals surface area contributed by atoms with Gasteiger partial charge in [0.05, 0.1) is 18.8 Å². The van der Waals surface area contributed by atoms with Crippen LogP contribution in [0.2, 0.25) is 0 Å². The number of nitrogens with one attached hydrogen (secondary N) is 1. The van der Waals surface area contributed by atoms with Crippen molar-refractivity contribution in [1.82, 2.24) is 4.98 Å². The molecule has 0 amide bonds. The zero-order valence-corrected chi connectivity index (χ0v) is 13.2. The van der Waals surface area contributed by atoms with Crippen LogP contribution in [0, 0.1) is 0 Å². The largest absolute Gasteiger partial charge is 0.550 e. The molecule has 1 aromatic carbocycles. The van der Waals surface area contributed by atoms with E-state index in [9.17, 15) is 9.90 Å². The molecule has 5 heteroatoms. The van der Waals surface area contributed by atoms with E-state index in [1.54, 1.807) is 5.38 Å². The summed E-state index contributed by atoms with van der Waals surface area (Å²) in [5.41, 5.74) is 2.89. The summed E-state index contributed by atoms with van der Waals surface area (Å²) >= 11 is 1.47. The Hall–Kier alpha value is -1.72. The lowest BCUT2D eigenvalue weighted by Crippen LogP contribution is -3.10. The van der Waals surface area contributed by atoms with Crippen LogP contribution in [0.25, 0.3) is 10.6 Å². The SMILES string of the molecule is CC[NH+](CC)Cc1cccc(-c2nc(CC(=O)[O-])cs2)c1. The molecular formula is C16H20N2O2S. The van der Waals surface area contributed by atoms with E-state index in [0.29, 0.717) is 5.69 Å². The topological polar surface area (TPSA) is 57.5 Å². The van der Waals surface area contributed by atoms with Gasteiger partial charge in [-0.25, -0.2) is 4.98 Å². The van der Waals surface area contributed by atoms with Gasteiger partial charge in [-0.15, -0.1) is 11.3 Å². The predicted octanol–water partition coefficient (Wildman–Crippen LogP) is 0.527. The molecule has 0 unspecified atom stereocenters. The summed E-state index contributed by atoms with van der Waals surface area (Å²) in [5.74, 6) is -1.09. The van der Waals surface area contributed by atoms with Crippen molar-refractivity contribution >= 4 is 17.3 Å². The van der Waals surface area contributed by atoms with Gasteiger partial charge in [-0.05, 0) is 19.9 Å². The Kier molecular flexibility index (Phi) is 5.47. The van der Waals surface area contributed by atoms with Gasteiger partial charge in [-0.1, -0.05) is 18.2 Å². The van der Waals surface area contributed by atoms with Crippen LogP contribution in [0.1, 0.15) is 25.1 Å². The second-order valence-electron chi connectivity index (χ2n) is 5.03. The lowest BCUT2D eigenvalue weighted by molar-refractivity contribution is -0.910. The second-order valence-corrected chi connectivity index (χ2v) is 5.89. The number of nitrogens with zero attached hydrogens (tertiary/aromatic N) is 1. The third kappa shape index (κ3) is 4.37. The molecule has 0 bridgehead atoms. The number of carboxylic acids is 1. The minimum atomic E-state index is -1.09. The highest BCUT2D eigenvalue weighted by Crippen LogP contribution is 2.24.